The average Bonchev–Trinajstić information content (AvgIpc) is 0.850. The van der Waals surface area contributed by atoms with Crippen LogP contribution in [0.25, 0.3) is 146 Å². The van der Waals surface area contributed by atoms with Crippen molar-refractivity contribution in [1.82, 2.24) is 44.9 Å². The SMILES string of the molecule is Cc1ccc(-c2nc(-c3ccc(C)cc3)nc(-c3ccc(-c4ccc(-c5nc(-c6ccc(C)cc6)nc(-c6ccc(C)cc6)n5)cc4)cc3)n2)cc1.c1cncc(-c2ccc(-c3cc(-c4ccc(-c5cccnc5)cc4)cc(-c4ccc(-c5cccnc5)cc4)c3)cc2)c1. The summed E-state index contributed by atoms with van der Waals surface area (Å²) in [6.07, 6.45) is 11.1. The van der Waals surface area contributed by atoms with E-state index in [1.807, 2.05) is 36.8 Å². The highest BCUT2D eigenvalue weighted by Gasteiger charge is 2.17. The number of nitrogens with zero attached hydrogens (tertiary/aromatic N) is 9. The molecule has 15 aromatic rings. The summed E-state index contributed by atoms with van der Waals surface area (Å²) < 4.78 is 0. The van der Waals surface area contributed by atoms with Crippen LogP contribution in [0.4, 0.5) is 0 Å². The number of aryl methyl sites for hydroxylation is 4. The van der Waals surface area contributed by atoms with Gasteiger partial charge in [-0.25, -0.2) is 29.9 Å². The minimum atomic E-state index is 0.631. The Bertz CT molecular complexity index is 4500. The third-order valence-electron chi connectivity index (χ3n) is 16.7. The first-order valence-electron chi connectivity index (χ1n) is 31.3. The van der Waals surface area contributed by atoms with Crippen LogP contribution in [0.15, 0.2) is 310 Å². The van der Waals surface area contributed by atoms with Crippen LogP contribution < -0.4 is 0 Å². The lowest BCUT2D eigenvalue weighted by Gasteiger charge is -2.13. The summed E-state index contributed by atoms with van der Waals surface area (Å²) in [6.45, 7) is 8.31. The number of pyridine rings is 3. The van der Waals surface area contributed by atoms with E-state index in [4.69, 9.17) is 29.9 Å². The van der Waals surface area contributed by atoms with Crippen molar-refractivity contribution < 1.29 is 0 Å². The Morgan fingerprint density at radius 2 is 0.319 bits per heavy atom. The first-order chi connectivity index (χ1) is 46.1. The summed E-state index contributed by atoms with van der Waals surface area (Å²) >= 11 is 0. The summed E-state index contributed by atoms with van der Waals surface area (Å²) in [7, 11) is 0. The Balaban J connectivity index is 0.000000166. The van der Waals surface area contributed by atoms with Crippen LogP contribution >= 0.6 is 0 Å². The predicted molar refractivity (Wildman–Crippen MR) is 383 cm³/mol. The van der Waals surface area contributed by atoms with Crippen molar-refractivity contribution in [3.63, 3.8) is 0 Å². The van der Waals surface area contributed by atoms with Gasteiger partial charge >= 0.3 is 0 Å². The number of aromatic nitrogens is 9. The van der Waals surface area contributed by atoms with Crippen LogP contribution in [0.1, 0.15) is 22.3 Å². The summed E-state index contributed by atoms with van der Waals surface area (Å²) in [6, 6.07) is 95.1. The molecule has 0 saturated carbocycles. The number of rotatable bonds is 13. The second-order valence-electron chi connectivity index (χ2n) is 23.5. The largest absolute Gasteiger partial charge is 0.264 e. The third kappa shape index (κ3) is 13.7. The van der Waals surface area contributed by atoms with Gasteiger partial charge in [-0.15, -0.1) is 0 Å². The van der Waals surface area contributed by atoms with Gasteiger partial charge in [0, 0.05) is 70.6 Å². The molecule has 448 valence electrons. The maximum atomic E-state index is 4.92. The topological polar surface area (TPSA) is 116 Å². The van der Waals surface area contributed by atoms with Crippen molar-refractivity contribution in [1.29, 1.82) is 0 Å². The van der Waals surface area contributed by atoms with E-state index in [0.29, 0.717) is 34.9 Å². The summed E-state index contributed by atoms with van der Waals surface area (Å²) in [5.41, 5.74) is 26.4. The minimum absolute atomic E-state index is 0.631. The normalized spacial score (nSPS) is 11.0. The minimum Gasteiger partial charge on any atom is -0.264 e. The first-order valence-corrected chi connectivity index (χ1v) is 31.3. The highest BCUT2D eigenvalue weighted by molar-refractivity contribution is 5.84. The zero-order valence-electron chi connectivity index (χ0n) is 52.5. The van der Waals surface area contributed by atoms with Gasteiger partial charge in [0.15, 0.2) is 34.9 Å². The van der Waals surface area contributed by atoms with Crippen molar-refractivity contribution in [2.75, 3.05) is 0 Å². The predicted octanol–water partition coefficient (Wildman–Crippen LogP) is 20.8. The molecule has 5 aromatic heterocycles. The Morgan fingerprint density at radius 1 is 0.160 bits per heavy atom. The molecule has 5 heterocycles. The Labute approximate surface area is 548 Å². The van der Waals surface area contributed by atoms with E-state index in [9.17, 15) is 0 Å². The van der Waals surface area contributed by atoms with Crippen LogP contribution in [0, 0.1) is 27.7 Å². The van der Waals surface area contributed by atoms with Crippen LogP contribution in [-0.4, -0.2) is 44.9 Å². The second-order valence-corrected chi connectivity index (χ2v) is 23.5. The highest BCUT2D eigenvalue weighted by Crippen LogP contribution is 2.37. The smallest absolute Gasteiger partial charge is 0.164 e. The Kier molecular flexibility index (Phi) is 17.0. The van der Waals surface area contributed by atoms with Crippen molar-refractivity contribution in [2.24, 2.45) is 0 Å². The molecule has 0 unspecified atom stereocenters. The van der Waals surface area contributed by atoms with Gasteiger partial charge in [-0.3, -0.25) is 15.0 Å². The molecular weight excluding hydrogens is 1150 g/mol. The summed E-state index contributed by atoms with van der Waals surface area (Å²) in [5, 5.41) is 0. The lowest BCUT2D eigenvalue weighted by atomic mass is 9.91. The van der Waals surface area contributed by atoms with Crippen molar-refractivity contribution in [3.8, 4) is 146 Å². The lowest BCUT2D eigenvalue weighted by Crippen LogP contribution is -2.00. The fourth-order valence-electron chi connectivity index (χ4n) is 11.3. The van der Waals surface area contributed by atoms with Crippen molar-refractivity contribution in [3.05, 3.63) is 332 Å². The standard InChI is InChI=1S/C46H36N6.C39H27N3/c1-29-5-13-35(14-6-29)41-47-42(36-15-7-30(2)8-16-36)50-45(49-41)39-25-21-33(22-26-39)34-23-27-40(28-24-34)46-51-43(37-17-9-31(3)10-18-37)48-44(52-46)38-19-11-32(4)12-20-38;1-4-34(25-40-19-1)28-7-13-31(14-8-28)37-22-38(32-15-9-29(10-16-32)35-5-2-20-41-26-35)24-39(23-37)33-17-11-30(12-18-33)36-6-3-21-42-27-36/h5-28H,1-4H3;1-27H. The summed E-state index contributed by atoms with van der Waals surface area (Å²) in [5.74, 6) is 3.85. The van der Waals surface area contributed by atoms with E-state index < -0.39 is 0 Å². The molecule has 0 fully saturated rings. The average molecular weight is 1210 g/mol. The maximum absolute atomic E-state index is 4.92. The van der Waals surface area contributed by atoms with Crippen molar-refractivity contribution in [2.45, 2.75) is 27.7 Å². The molecule has 0 atom stereocenters. The molecule has 94 heavy (non-hydrogen) atoms. The molecule has 9 heteroatoms. The first kappa shape index (κ1) is 59.3. The molecule has 0 aliphatic carbocycles. The van der Waals surface area contributed by atoms with E-state index in [-0.39, 0.29) is 0 Å². The van der Waals surface area contributed by atoms with Crippen molar-refractivity contribution >= 4 is 0 Å². The van der Waals surface area contributed by atoms with Gasteiger partial charge in [0.2, 0.25) is 0 Å². The molecule has 15 rings (SSSR count). The zero-order chi connectivity index (χ0) is 63.7. The van der Waals surface area contributed by atoms with E-state index in [0.717, 1.165) is 77.9 Å². The van der Waals surface area contributed by atoms with Crippen LogP contribution in [-0.2, 0) is 0 Å². The molecule has 10 aromatic carbocycles. The van der Waals surface area contributed by atoms with Crippen LogP contribution in [0.3, 0.4) is 0 Å². The van der Waals surface area contributed by atoms with E-state index in [1.165, 1.54) is 55.6 Å². The van der Waals surface area contributed by atoms with Gasteiger partial charge in [-0.2, -0.15) is 0 Å². The quantitative estimate of drug-likeness (QED) is 0.111. The molecule has 0 bridgehead atoms. The monoisotopic (exact) mass is 1210 g/mol. The van der Waals surface area contributed by atoms with Crippen LogP contribution in [0.2, 0.25) is 0 Å². The Morgan fingerprint density at radius 3 is 0.500 bits per heavy atom. The molecule has 0 aliphatic heterocycles. The van der Waals surface area contributed by atoms with Gasteiger partial charge in [-0.1, -0.05) is 259 Å². The molecule has 0 saturated heterocycles. The van der Waals surface area contributed by atoms with Gasteiger partial charge in [0.1, 0.15) is 0 Å². The maximum Gasteiger partial charge on any atom is 0.164 e. The fourth-order valence-corrected chi connectivity index (χ4v) is 11.3. The van der Waals surface area contributed by atoms with E-state index in [1.54, 1.807) is 18.6 Å². The van der Waals surface area contributed by atoms with E-state index >= 15 is 0 Å². The number of hydrogen-bond donors (Lipinski definition) is 0. The Hall–Kier alpha value is -12.3. The summed E-state index contributed by atoms with van der Waals surface area (Å²) in [4.78, 5) is 42.3. The highest BCUT2D eigenvalue weighted by atomic mass is 15.0. The van der Waals surface area contributed by atoms with Gasteiger partial charge in [-0.05, 0) is 142 Å². The molecule has 0 aliphatic rings. The van der Waals surface area contributed by atoms with Crippen LogP contribution in [0.5, 0.6) is 0 Å². The molecule has 0 amide bonds. The van der Waals surface area contributed by atoms with Gasteiger partial charge in [0.05, 0.1) is 0 Å². The zero-order valence-corrected chi connectivity index (χ0v) is 52.5. The fraction of sp³-hybridized carbons (Fsp3) is 0.0471. The molecule has 0 radical (unpaired) electrons. The number of hydrogen-bond acceptors (Lipinski definition) is 9. The van der Waals surface area contributed by atoms with E-state index in [2.05, 4.69) is 297 Å². The van der Waals surface area contributed by atoms with Gasteiger partial charge < -0.3 is 0 Å². The molecular formula is C85H63N9. The second kappa shape index (κ2) is 27.0. The molecule has 9 nitrogen and oxygen atoms in total. The lowest BCUT2D eigenvalue weighted by molar-refractivity contribution is 1.07. The molecule has 0 spiro atoms. The third-order valence-corrected chi connectivity index (χ3v) is 16.7. The van der Waals surface area contributed by atoms with Gasteiger partial charge in [0.25, 0.3) is 0 Å². The number of benzene rings is 10. The molecule has 0 N–H and O–H groups in total.